The summed E-state index contributed by atoms with van der Waals surface area (Å²) in [6.07, 6.45) is 8.06. The largest absolute Gasteiger partial charge is 0.395 e. The molecule has 1 N–H and O–H groups in total. The number of aliphatic hydroxyl groups excluding tert-OH is 1. The van der Waals surface area contributed by atoms with Gasteiger partial charge in [-0.05, 0) is 12.8 Å². The van der Waals surface area contributed by atoms with Crippen molar-refractivity contribution in [2.45, 2.75) is 25.7 Å². The minimum Gasteiger partial charge on any atom is -0.395 e. The Labute approximate surface area is 79.7 Å². The van der Waals surface area contributed by atoms with Crippen molar-refractivity contribution < 1.29 is 9.90 Å². The highest BCUT2D eigenvalue weighted by Crippen LogP contribution is 2.01. The number of aliphatic hydroxyl groups is 1. The number of terminal acetylenes is 1. The van der Waals surface area contributed by atoms with Gasteiger partial charge >= 0.3 is 0 Å². The van der Waals surface area contributed by atoms with Crippen LogP contribution in [0.15, 0.2) is 0 Å². The number of hydrogen-bond acceptors (Lipinski definition) is 2. The maximum atomic E-state index is 11.3. The van der Waals surface area contributed by atoms with Gasteiger partial charge in [-0.1, -0.05) is 0 Å². The van der Waals surface area contributed by atoms with Crippen LogP contribution in [0.5, 0.6) is 0 Å². The van der Waals surface area contributed by atoms with E-state index in [1.807, 2.05) is 0 Å². The summed E-state index contributed by atoms with van der Waals surface area (Å²) in [5.41, 5.74) is 0. The molecule has 0 fully saturated rings. The SMILES string of the molecule is C#CCCCCC(=O)N(C)CCO. The summed E-state index contributed by atoms with van der Waals surface area (Å²) in [5.74, 6) is 2.61. The van der Waals surface area contributed by atoms with Gasteiger partial charge in [0.25, 0.3) is 0 Å². The third-order valence-electron chi connectivity index (χ3n) is 1.82. The zero-order valence-electron chi connectivity index (χ0n) is 8.12. The summed E-state index contributed by atoms with van der Waals surface area (Å²) in [4.78, 5) is 12.8. The maximum Gasteiger partial charge on any atom is 0.222 e. The Bertz CT molecular complexity index is 184. The Hall–Kier alpha value is -1.01. The molecule has 3 nitrogen and oxygen atoms in total. The first-order chi connectivity index (χ1) is 6.22. The van der Waals surface area contributed by atoms with Crippen LogP contribution in [0.4, 0.5) is 0 Å². The Balaban J connectivity index is 3.45. The second-order valence-corrected chi connectivity index (χ2v) is 2.95. The van der Waals surface area contributed by atoms with Gasteiger partial charge in [0.1, 0.15) is 0 Å². The molecule has 0 saturated heterocycles. The standard InChI is InChI=1S/C10H17NO2/c1-3-4-5-6-7-10(13)11(2)8-9-12/h1,12H,4-9H2,2H3. The first kappa shape index (κ1) is 12.0. The van der Waals surface area contributed by atoms with Gasteiger partial charge in [-0.25, -0.2) is 0 Å². The van der Waals surface area contributed by atoms with Crippen molar-refractivity contribution in [3.63, 3.8) is 0 Å². The van der Waals surface area contributed by atoms with Gasteiger partial charge in [-0.2, -0.15) is 0 Å². The molecule has 3 heteroatoms. The minimum absolute atomic E-state index is 0.0204. The lowest BCUT2D eigenvalue weighted by molar-refractivity contribution is -0.130. The fraction of sp³-hybridized carbons (Fsp3) is 0.700. The summed E-state index contributed by atoms with van der Waals surface area (Å²) in [5, 5.41) is 8.57. The molecule has 0 unspecified atom stereocenters. The van der Waals surface area contributed by atoms with Crippen LogP contribution in [0, 0.1) is 12.3 Å². The van der Waals surface area contributed by atoms with Gasteiger partial charge in [-0.3, -0.25) is 4.79 Å². The molecule has 1 amide bonds. The summed E-state index contributed by atoms with van der Waals surface area (Å²) >= 11 is 0. The number of amides is 1. The molecule has 74 valence electrons. The molecule has 0 aliphatic carbocycles. The van der Waals surface area contributed by atoms with E-state index in [1.165, 1.54) is 4.90 Å². The van der Waals surface area contributed by atoms with Crippen LogP contribution in [0.2, 0.25) is 0 Å². The summed E-state index contributed by atoms with van der Waals surface area (Å²) in [6, 6.07) is 0. The summed E-state index contributed by atoms with van der Waals surface area (Å²) in [6.45, 7) is 0.431. The van der Waals surface area contributed by atoms with E-state index >= 15 is 0 Å². The molecule has 0 atom stereocenters. The molecule has 0 aromatic rings. The highest BCUT2D eigenvalue weighted by molar-refractivity contribution is 5.75. The van der Waals surface area contributed by atoms with Gasteiger partial charge in [-0.15, -0.1) is 12.3 Å². The Morgan fingerprint density at radius 2 is 2.23 bits per heavy atom. The second-order valence-electron chi connectivity index (χ2n) is 2.95. The predicted molar refractivity (Wildman–Crippen MR) is 52.0 cm³/mol. The Kier molecular flexibility index (Phi) is 7.04. The van der Waals surface area contributed by atoms with E-state index < -0.39 is 0 Å². The van der Waals surface area contributed by atoms with Crippen molar-refractivity contribution in [2.75, 3.05) is 20.2 Å². The van der Waals surface area contributed by atoms with Crippen molar-refractivity contribution in [1.82, 2.24) is 4.90 Å². The Morgan fingerprint density at radius 1 is 1.54 bits per heavy atom. The molecule has 0 aromatic carbocycles. The highest BCUT2D eigenvalue weighted by atomic mass is 16.3. The Morgan fingerprint density at radius 3 is 2.77 bits per heavy atom. The number of likely N-dealkylation sites (N-methyl/N-ethyl adjacent to an activating group) is 1. The quantitative estimate of drug-likeness (QED) is 0.484. The fourth-order valence-corrected chi connectivity index (χ4v) is 0.969. The van der Waals surface area contributed by atoms with E-state index in [4.69, 9.17) is 11.5 Å². The molecule has 0 aromatic heterocycles. The van der Waals surface area contributed by atoms with Crippen LogP contribution in [0.3, 0.4) is 0 Å². The molecule has 13 heavy (non-hydrogen) atoms. The van der Waals surface area contributed by atoms with E-state index in [1.54, 1.807) is 7.05 Å². The van der Waals surface area contributed by atoms with Gasteiger partial charge in [0, 0.05) is 26.4 Å². The monoisotopic (exact) mass is 183 g/mol. The highest BCUT2D eigenvalue weighted by Gasteiger charge is 2.06. The summed E-state index contributed by atoms with van der Waals surface area (Å²) in [7, 11) is 1.69. The van der Waals surface area contributed by atoms with Crippen molar-refractivity contribution >= 4 is 5.91 Å². The van der Waals surface area contributed by atoms with Gasteiger partial charge in [0.2, 0.25) is 5.91 Å². The van der Waals surface area contributed by atoms with E-state index in [-0.39, 0.29) is 12.5 Å². The third-order valence-corrected chi connectivity index (χ3v) is 1.82. The molecule has 0 spiro atoms. The summed E-state index contributed by atoms with van der Waals surface area (Å²) < 4.78 is 0. The number of hydrogen-bond donors (Lipinski definition) is 1. The zero-order chi connectivity index (χ0) is 10.1. The maximum absolute atomic E-state index is 11.3. The van der Waals surface area contributed by atoms with Crippen LogP contribution in [-0.2, 0) is 4.79 Å². The van der Waals surface area contributed by atoms with E-state index in [2.05, 4.69) is 5.92 Å². The third kappa shape index (κ3) is 6.18. The van der Waals surface area contributed by atoms with Gasteiger partial charge in [0.15, 0.2) is 0 Å². The number of unbranched alkanes of at least 4 members (excludes halogenated alkanes) is 2. The van der Waals surface area contributed by atoms with Crippen LogP contribution < -0.4 is 0 Å². The topological polar surface area (TPSA) is 40.5 Å². The number of nitrogens with zero attached hydrogens (tertiary/aromatic N) is 1. The van der Waals surface area contributed by atoms with Crippen molar-refractivity contribution in [3.8, 4) is 12.3 Å². The van der Waals surface area contributed by atoms with Gasteiger partial charge < -0.3 is 10.0 Å². The lowest BCUT2D eigenvalue weighted by atomic mass is 10.2. The average molecular weight is 183 g/mol. The number of carbonyl (C=O) groups is 1. The average Bonchev–Trinajstić information content (AvgIpc) is 2.12. The second kappa shape index (κ2) is 7.63. The van der Waals surface area contributed by atoms with Crippen molar-refractivity contribution in [3.05, 3.63) is 0 Å². The van der Waals surface area contributed by atoms with E-state index in [9.17, 15) is 4.79 Å². The van der Waals surface area contributed by atoms with Crippen LogP contribution >= 0.6 is 0 Å². The lowest BCUT2D eigenvalue weighted by Gasteiger charge is -2.14. The molecule has 0 radical (unpaired) electrons. The molecule has 0 rings (SSSR count). The number of carbonyl (C=O) groups excluding carboxylic acids is 1. The van der Waals surface area contributed by atoms with E-state index in [0.29, 0.717) is 13.0 Å². The van der Waals surface area contributed by atoms with Crippen molar-refractivity contribution in [2.24, 2.45) is 0 Å². The molecular weight excluding hydrogens is 166 g/mol. The first-order valence-corrected chi connectivity index (χ1v) is 4.50. The normalized spacial score (nSPS) is 9.31. The smallest absolute Gasteiger partial charge is 0.222 e. The molecule has 0 aliphatic heterocycles. The molecule has 0 heterocycles. The fourth-order valence-electron chi connectivity index (χ4n) is 0.969. The lowest BCUT2D eigenvalue weighted by Crippen LogP contribution is -2.29. The molecule has 0 saturated carbocycles. The molecule has 0 bridgehead atoms. The molecular formula is C10H17NO2. The first-order valence-electron chi connectivity index (χ1n) is 4.50. The van der Waals surface area contributed by atoms with Crippen LogP contribution in [-0.4, -0.2) is 36.1 Å². The van der Waals surface area contributed by atoms with Crippen LogP contribution in [0.25, 0.3) is 0 Å². The van der Waals surface area contributed by atoms with Crippen molar-refractivity contribution in [1.29, 1.82) is 0 Å². The van der Waals surface area contributed by atoms with Gasteiger partial charge in [0.05, 0.1) is 6.61 Å². The zero-order valence-corrected chi connectivity index (χ0v) is 8.12. The van der Waals surface area contributed by atoms with Crippen LogP contribution in [0.1, 0.15) is 25.7 Å². The predicted octanol–water partition coefficient (Wildman–Crippen LogP) is 0.631. The number of rotatable bonds is 6. The van der Waals surface area contributed by atoms with E-state index in [0.717, 1.165) is 19.3 Å². The minimum atomic E-state index is 0.0204. The molecule has 0 aliphatic rings.